The number of alkyl halides is 1. The van der Waals surface area contributed by atoms with E-state index < -0.39 is 6.17 Å². The second kappa shape index (κ2) is 3.07. The molecule has 0 spiro atoms. The van der Waals surface area contributed by atoms with Gasteiger partial charge < -0.3 is 10.6 Å². The number of hydrogen-bond acceptors (Lipinski definition) is 2. The minimum absolute atomic E-state index is 0.193. The van der Waals surface area contributed by atoms with Gasteiger partial charge in [-0.3, -0.25) is 0 Å². The Labute approximate surface area is 66.5 Å². The molecule has 3 heteroatoms. The Bertz CT molecular complexity index is 134. The van der Waals surface area contributed by atoms with Crippen molar-refractivity contribution in [3.05, 3.63) is 0 Å². The van der Waals surface area contributed by atoms with E-state index in [1.165, 1.54) is 0 Å². The molecule has 11 heavy (non-hydrogen) atoms. The van der Waals surface area contributed by atoms with Crippen molar-refractivity contribution < 1.29 is 4.39 Å². The Morgan fingerprint density at radius 3 is 2.45 bits per heavy atom. The third-order valence-corrected chi connectivity index (χ3v) is 2.50. The van der Waals surface area contributed by atoms with Crippen molar-refractivity contribution in [1.29, 1.82) is 0 Å². The predicted octanol–water partition coefficient (Wildman–Crippen LogP) is 0.438. The minimum atomic E-state index is -0.551. The molecule has 1 heterocycles. The maximum atomic E-state index is 12.5. The van der Waals surface area contributed by atoms with Gasteiger partial charge in [-0.15, -0.1) is 0 Å². The highest BCUT2D eigenvalue weighted by molar-refractivity contribution is 4.96. The van der Waals surface area contributed by atoms with Crippen LogP contribution in [-0.2, 0) is 0 Å². The third kappa shape index (κ3) is 1.91. The average molecular weight is 158 g/mol. The van der Waals surface area contributed by atoms with E-state index in [9.17, 15) is 4.39 Å². The Hall–Kier alpha value is -0.150. The van der Waals surface area contributed by atoms with E-state index in [2.05, 4.69) is 10.6 Å². The number of rotatable bonds is 2. The summed E-state index contributed by atoms with van der Waals surface area (Å²) in [4.78, 5) is 0. The molecule has 2 fully saturated rings. The van der Waals surface area contributed by atoms with Gasteiger partial charge >= 0.3 is 0 Å². The molecule has 0 bridgehead atoms. The quantitative estimate of drug-likeness (QED) is 0.609. The fourth-order valence-electron chi connectivity index (χ4n) is 1.63. The lowest BCUT2D eigenvalue weighted by atomic mass is 10.1. The Morgan fingerprint density at radius 1 is 1.27 bits per heavy atom. The van der Waals surface area contributed by atoms with Crippen molar-refractivity contribution in [2.24, 2.45) is 0 Å². The van der Waals surface area contributed by atoms with Crippen LogP contribution in [0.2, 0.25) is 0 Å². The molecule has 1 saturated heterocycles. The lowest BCUT2D eigenvalue weighted by Gasteiger charge is -2.23. The summed E-state index contributed by atoms with van der Waals surface area (Å²) in [5, 5.41) is 6.61. The highest BCUT2D eigenvalue weighted by atomic mass is 19.1. The monoisotopic (exact) mass is 158 g/mol. The van der Waals surface area contributed by atoms with Gasteiger partial charge in [0.25, 0.3) is 0 Å². The molecule has 0 radical (unpaired) electrons. The zero-order valence-corrected chi connectivity index (χ0v) is 6.65. The van der Waals surface area contributed by atoms with Crippen molar-refractivity contribution in [3.63, 3.8) is 0 Å². The Morgan fingerprint density at radius 2 is 1.91 bits per heavy atom. The van der Waals surface area contributed by atoms with E-state index in [1.54, 1.807) is 0 Å². The van der Waals surface area contributed by atoms with E-state index >= 15 is 0 Å². The van der Waals surface area contributed by atoms with Gasteiger partial charge in [0.1, 0.15) is 6.17 Å². The first-order valence-electron chi connectivity index (χ1n) is 4.47. The first-order chi connectivity index (χ1) is 5.36. The molecule has 0 aromatic heterocycles. The number of halogens is 1. The van der Waals surface area contributed by atoms with Crippen LogP contribution in [0.4, 0.5) is 4.39 Å². The van der Waals surface area contributed by atoms with Crippen molar-refractivity contribution in [1.82, 2.24) is 10.6 Å². The number of piperidine rings is 1. The largest absolute Gasteiger partial charge is 0.317 e. The van der Waals surface area contributed by atoms with Crippen LogP contribution in [0.25, 0.3) is 0 Å². The second-order valence-electron chi connectivity index (χ2n) is 3.55. The van der Waals surface area contributed by atoms with Crippen LogP contribution in [-0.4, -0.2) is 31.3 Å². The van der Waals surface area contributed by atoms with E-state index in [1.807, 2.05) is 0 Å². The van der Waals surface area contributed by atoms with Crippen LogP contribution in [0.3, 0.4) is 0 Å². The van der Waals surface area contributed by atoms with Gasteiger partial charge in [0.2, 0.25) is 0 Å². The Balaban J connectivity index is 1.68. The molecule has 0 aromatic rings. The molecule has 0 aromatic carbocycles. The zero-order valence-electron chi connectivity index (χ0n) is 6.65. The summed E-state index contributed by atoms with van der Waals surface area (Å²) in [5.41, 5.74) is 0. The van der Waals surface area contributed by atoms with Gasteiger partial charge in [0, 0.05) is 12.1 Å². The molecule has 0 amide bonds. The van der Waals surface area contributed by atoms with E-state index in [-0.39, 0.29) is 6.04 Å². The van der Waals surface area contributed by atoms with Crippen molar-refractivity contribution in [2.45, 2.75) is 37.5 Å². The van der Waals surface area contributed by atoms with Crippen molar-refractivity contribution in [2.75, 3.05) is 13.1 Å². The maximum absolute atomic E-state index is 12.5. The topological polar surface area (TPSA) is 24.1 Å². The third-order valence-electron chi connectivity index (χ3n) is 2.50. The summed E-state index contributed by atoms with van der Waals surface area (Å²) in [6.45, 7) is 2.17. The minimum Gasteiger partial charge on any atom is -0.317 e. The fourth-order valence-corrected chi connectivity index (χ4v) is 1.63. The summed E-state index contributed by atoms with van der Waals surface area (Å²) in [6.07, 6.45) is 2.50. The van der Waals surface area contributed by atoms with Crippen LogP contribution in [0, 0.1) is 0 Å². The zero-order chi connectivity index (χ0) is 7.68. The van der Waals surface area contributed by atoms with Crippen molar-refractivity contribution >= 4 is 0 Å². The van der Waals surface area contributed by atoms with Crippen LogP contribution < -0.4 is 10.6 Å². The van der Waals surface area contributed by atoms with Crippen LogP contribution >= 0.6 is 0 Å². The lowest BCUT2D eigenvalue weighted by Crippen LogP contribution is -2.41. The molecule has 2 unspecified atom stereocenters. The maximum Gasteiger partial charge on any atom is 0.117 e. The molecule has 1 saturated carbocycles. The molecule has 2 N–H and O–H groups in total. The summed E-state index contributed by atoms with van der Waals surface area (Å²) in [6, 6.07) is 0.764. The van der Waals surface area contributed by atoms with Gasteiger partial charge in [-0.2, -0.15) is 0 Å². The molecular weight excluding hydrogens is 143 g/mol. The van der Waals surface area contributed by atoms with Gasteiger partial charge in [0.05, 0.1) is 0 Å². The molecule has 2 rings (SSSR count). The first-order valence-corrected chi connectivity index (χ1v) is 4.47. The highest BCUT2D eigenvalue weighted by Gasteiger charge is 2.38. The van der Waals surface area contributed by atoms with Gasteiger partial charge in [-0.1, -0.05) is 0 Å². The molecule has 2 nitrogen and oxygen atoms in total. The predicted molar refractivity (Wildman–Crippen MR) is 42.3 cm³/mol. The molecule has 2 atom stereocenters. The van der Waals surface area contributed by atoms with Gasteiger partial charge in [0.15, 0.2) is 0 Å². The van der Waals surface area contributed by atoms with Crippen LogP contribution in [0.1, 0.15) is 19.3 Å². The average Bonchev–Trinajstić information content (AvgIpc) is 2.69. The highest BCUT2D eigenvalue weighted by Crippen LogP contribution is 2.26. The Kier molecular flexibility index (Phi) is 2.09. The number of hydrogen-bond donors (Lipinski definition) is 2. The van der Waals surface area contributed by atoms with E-state index in [0.717, 1.165) is 32.4 Å². The SMILES string of the molecule is FC1CC1NC1CCNCC1. The number of nitrogens with one attached hydrogen (secondary N) is 2. The summed E-state index contributed by atoms with van der Waals surface area (Å²) in [5.74, 6) is 0. The lowest BCUT2D eigenvalue weighted by molar-refractivity contribution is 0.361. The van der Waals surface area contributed by atoms with E-state index in [4.69, 9.17) is 0 Å². The summed E-state index contributed by atoms with van der Waals surface area (Å²) in [7, 11) is 0. The second-order valence-corrected chi connectivity index (χ2v) is 3.55. The van der Waals surface area contributed by atoms with Crippen LogP contribution in [0.5, 0.6) is 0 Å². The summed E-state index contributed by atoms with van der Waals surface area (Å²) < 4.78 is 12.5. The van der Waals surface area contributed by atoms with Gasteiger partial charge in [-0.25, -0.2) is 4.39 Å². The molecule has 1 aliphatic heterocycles. The van der Waals surface area contributed by atoms with Gasteiger partial charge in [-0.05, 0) is 32.4 Å². The van der Waals surface area contributed by atoms with E-state index in [0.29, 0.717) is 6.04 Å². The molecule has 2 aliphatic rings. The van der Waals surface area contributed by atoms with Crippen LogP contribution in [0.15, 0.2) is 0 Å². The molecule has 1 aliphatic carbocycles. The smallest absolute Gasteiger partial charge is 0.117 e. The fraction of sp³-hybridized carbons (Fsp3) is 1.00. The molecule has 64 valence electrons. The normalized spacial score (nSPS) is 39.0. The standard InChI is InChI=1S/C8H15FN2/c9-7-5-8(7)11-6-1-3-10-4-2-6/h6-8,10-11H,1-5H2. The first kappa shape index (κ1) is 7.50. The molecular formula is C8H15FN2. The van der Waals surface area contributed by atoms with Crippen molar-refractivity contribution in [3.8, 4) is 0 Å². The summed E-state index contributed by atoms with van der Waals surface area (Å²) >= 11 is 0.